The molecule has 4 nitrogen and oxygen atoms in total. The zero-order valence-electron chi connectivity index (χ0n) is 14.8. The Kier molecular flexibility index (Phi) is 5.61. The lowest BCUT2D eigenvalue weighted by molar-refractivity contribution is 0.0772. The minimum atomic E-state index is -0.446. The van der Waals surface area contributed by atoms with Crippen LogP contribution in [-0.2, 0) is 0 Å². The van der Waals surface area contributed by atoms with Crippen molar-refractivity contribution in [3.8, 4) is 0 Å². The minimum absolute atomic E-state index is 0.0206. The van der Waals surface area contributed by atoms with Crippen LogP contribution in [0.15, 0.2) is 36.4 Å². The standard InChI is InChI=1S/C20H21FN2O2S/c1-13-3-5-16(21)12-17(13)19(24)22-18-6-4-15(11-14(18)2)20(25)23-7-9-26-10-8-23/h3-6,11-12H,7-10H2,1-2H3,(H,22,24). The van der Waals surface area contributed by atoms with Crippen molar-refractivity contribution in [3.05, 3.63) is 64.5 Å². The van der Waals surface area contributed by atoms with Crippen molar-refractivity contribution < 1.29 is 14.0 Å². The first kappa shape index (κ1) is 18.5. The Morgan fingerprint density at radius 2 is 1.77 bits per heavy atom. The molecule has 1 aliphatic heterocycles. The number of thioether (sulfide) groups is 1. The third-order valence-corrected chi connectivity index (χ3v) is 5.41. The topological polar surface area (TPSA) is 49.4 Å². The van der Waals surface area contributed by atoms with Crippen LogP contribution in [0.2, 0.25) is 0 Å². The van der Waals surface area contributed by atoms with E-state index in [1.807, 2.05) is 23.6 Å². The van der Waals surface area contributed by atoms with Gasteiger partial charge in [-0.2, -0.15) is 11.8 Å². The Morgan fingerprint density at radius 3 is 2.46 bits per heavy atom. The quantitative estimate of drug-likeness (QED) is 0.889. The van der Waals surface area contributed by atoms with Crippen LogP contribution in [0.5, 0.6) is 0 Å². The largest absolute Gasteiger partial charge is 0.337 e. The van der Waals surface area contributed by atoms with Gasteiger partial charge < -0.3 is 10.2 Å². The van der Waals surface area contributed by atoms with Crippen LogP contribution in [0, 0.1) is 19.7 Å². The molecule has 136 valence electrons. The molecule has 0 saturated carbocycles. The molecule has 1 heterocycles. The second-order valence-corrected chi connectivity index (χ2v) is 7.57. The molecule has 2 aromatic rings. The monoisotopic (exact) mass is 372 g/mol. The summed E-state index contributed by atoms with van der Waals surface area (Å²) in [6.45, 7) is 5.14. The number of hydrogen-bond donors (Lipinski definition) is 1. The molecule has 6 heteroatoms. The van der Waals surface area contributed by atoms with E-state index in [4.69, 9.17) is 0 Å². The minimum Gasteiger partial charge on any atom is -0.337 e. The van der Waals surface area contributed by atoms with Gasteiger partial charge in [-0.05, 0) is 55.3 Å². The summed E-state index contributed by atoms with van der Waals surface area (Å²) in [5, 5.41) is 2.81. The smallest absolute Gasteiger partial charge is 0.256 e. The molecule has 0 aliphatic carbocycles. The number of nitrogens with one attached hydrogen (secondary N) is 1. The molecule has 0 atom stereocenters. The number of carbonyl (C=O) groups excluding carboxylic acids is 2. The van der Waals surface area contributed by atoms with E-state index in [9.17, 15) is 14.0 Å². The van der Waals surface area contributed by atoms with E-state index in [1.54, 1.807) is 31.2 Å². The van der Waals surface area contributed by atoms with Crippen molar-refractivity contribution >= 4 is 29.3 Å². The first-order valence-corrected chi connectivity index (χ1v) is 9.66. The Balaban J connectivity index is 1.76. The molecule has 1 aliphatic rings. The maximum absolute atomic E-state index is 13.4. The zero-order chi connectivity index (χ0) is 18.7. The fourth-order valence-corrected chi connectivity index (χ4v) is 3.82. The number of aryl methyl sites for hydroxylation is 2. The van der Waals surface area contributed by atoms with Gasteiger partial charge in [-0.1, -0.05) is 6.07 Å². The predicted molar refractivity (Wildman–Crippen MR) is 103 cm³/mol. The Morgan fingerprint density at radius 1 is 1.04 bits per heavy atom. The van der Waals surface area contributed by atoms with Crippen molar-refractivity contribution in [1.29, 1.82) is 0 Å². The van der Waals surface area contributed by atoms with Gasteiger partial charge in [0.15, 0.2) is 0 Å². The molecule has 0 bridgehead atoms. The molecule has 3 rings (SSSR count). The Bertz CT molecular complexity index is 848. The Hall–Kier alpha value is -2.34. The molecule has 0 spiro atoms. The summed E-state index contributed by atoms with van der Waals surface area (Å²) in [4.78, 5) is 26.9. The van der Waals surface area contributed by atoms with Crippen molar-refractivity contribution in [2.24, 2.45) is 0 Å². The highest BCUT2D eigenvalue weighted by Gasteiger charge is 2.19. The van der Waals surface area contributed by atoms with Crippen molar-refractivity contribution in [3.63, 3.8) is 0 Å². The average molecular weight is 372 g/mol. The lowest BCUT2D eigenvalue weighted by Gasteiger charge is -2.26. The van der Waals surface area contributed by atoms with Gasteiger partial charge in [0, 0.05) is 41.4 Å². The predicted octanol–water partition coefficient (Wildman–Crippen LogP) is 3.88. The third kappa shape index (κ3) is 4.07. The lowest BCUT2D eigenvalue weighted by atomic mass is 10.1. The zero-order valence-corrected chi connectivity index (χ0v) is 15.7. The summed E-state index contributed by atoms with van der Waals surface area (Å²) in [5.41, 5.74) is 3.04. The Labute approximate surface area is 156 Å². The number of hydrogen-bond acceptors (Lipinski definition) is 3. The van der Waals surface area contributed by atoms with E-state index in [2.05, 4.69) is 5.32 Å². The van der Waals surface area contributed by atoms with E-state index >= 15 is 0 Å². The maximum atomic E-state index is 13.4. The van der Waals surface area contributed by atoms with Gasteiger partial charge in [0.2, 0.25) is 0 Å². The summed E-state index contributed by atoms with van der Waals surface area (Å²) in [6, 6.07) is 9.38. The highest BCUT2D eigenvalue weighted by Crippen LogP contribution is 2.21. The van der Waals surface area contributed by atoms with Crippen LogP contribution in [0.1, 0.15) is 31.8 Å². The third-order valence-electron chi connectivity index (χ3n) is 4.46. The molecule has 1 saturated heterocycles. The van der Waals surface area contributed by atoms with Crippen LogP contribution >= 0.6 is 11.8 Å². The van der Waals surface area contributed by atoms with Crippen molar-refractivity contribution in [2.45, 2.75) is 13.8 Å². The van der Waals surface area contributed by atoms with Crippen LogP contribution in [0.25, 0.3) is 0 Å². The van der Waals surface area contributed by atoms with Crippen LogP contribution < -0.4 is 5.32 Å². The number of nitrogens with zero attached hydrogens (tertiary/aromatic N) is 1. The van der Waals surface area contributed by atoms with Crippen molar-refractivity contribution in [1.82, 2.24) is 4.90 Å². The molecule has 2 amide bonds. The van der Waals surface area contributed by atoms with Crippen LogP contribution in [0.4, 0.5) is 10.1 Å². The van der Waals surface area contributed by atoms with E-state index in [-0.39, 0.29) is 11.8 Å². The first-order chi connectivity index (χ1) is 12.5. The summed E-state index contributed by atoms with van der Waals surface area (Å²) in [6.07, 6.45) is 0. The first-order valence-electron chi connectivity index (χ1n) is 8.51. The average Bonchev–Trinajstić information content (AvgIpc) is 2.65. The van der Waals surface area contributed by atoms with E-state index < -0.39 is 5.82 Å². The van der Waals surface area contributed by atoms with Gasteiger partial charge in [0.1, 0.15) is 5.82 Å². The summed E-state index contributed by atoms with van der Waals surface area (Å²) in [5.74, 6) is 1.14. The van der Waals surface area contributed by atoms with Gasteiger partial charge in [-0.3, -0.25) is 9.59 Å². The number of carbonyl (C=O) groups is 2. The molecule has 1 fully saturated rings. The molecular formula is C20H21FN2O2S. The second kappa shape index (κ2) is 7.91. The summed E-state index contributed by atoms with van der Waals surface area (Å²) in [7, 11) is 0. The second-order valence-electron chi connectivity index (χ2n) is 6.35. The van der Waals surface area contributed by atoms with Crippen LogP contribution in [-0.4, -0.2) is 41.3 Å². The number of anilines is 1. The SMILES string of the molecule is Cc1cc(C(=O)N2CCSCC2)ccc1NC(=O)c1cc(F)ccc1C. The molecule has 0 unspecified atom stereocenters. The van der Waals surface area contributed by atoms with Crippen molar-refractivity contribution in [2.75, 3.05) is 29.9 Å². The molecular weight excluding hydrogens is 351 g/mol. The van der Waals surface area contributed by atoms with Crippen LogP contribution in [0.3, 0.4) is 0 Å². The van der Waals surface area contributed by atoms with Gasteiger partial charge in [0.05, 0.1) is 0 Å². The van der Waals surface area contributed by atoms with E-state index in [0.717, 1.165) is 30.2 Å². The molecule has 26 heavy (non-hydrogen) atoms. The highest BCUT2D eigenvalue weighted by molar-refractivity contribution is 7.99. The normalized spacial score (nSPS) is 14.2. The highest BCUT2D eigenvalue weighted by atomic mass is 32.2. The molecule has 0 aromatic heterocycles. The fourth-order valence-electron chi connectivity index (χ4n) is 2.91. The molecule has 2 aromatic carbocycles. The van der Waals surface area contributed by atoms with E-state index in [1.165, 1.54) is 12.1 Å². The molecule has 1 N–H and O–H groups in total. The molecule has 0 radical (unpaired) electrons. The fraction of sp³-hybridized carbons (Fsp3) is 0.300. The van der Waals surface area contributed by atoms with E-state index in [0.29, 0.717) is 22.4 Å². The maximum Gasteiger partial charge on any atom is 0.256 e. The van der Waals surface area contributed by atoms with Gasteiger partial charge in [-0.25, -0.2) is 4.39 Å². The number of amides is 2. The number of benzene rings is 2. The lowest BCUT2D eigenvalue weighted by Crippen LogP contribution is -2.37. The summed E-state index contributed by atoms with van der Waals surface area (Å²) < 4.78 is 13.4. The van der Waals surface area contributed by atoms with Gasteiger partial charge >= 0.3 is 0 Å². The number of rotatable bonds is 3. The van der Waals surface area contributed by atoms with Gasteiger partial charge in [0.25, 0.3) is 11.8 Å². The summed E-state index contributed by atoms with van der Waals surface area (Å²) >= 11 is 1.86. The van der Waals surface area contributed by atoms with Gasteiger partial charge in [-0.15, -0.1) is 0 Å². The number of halogens is 1.